The van der Waals surface area contributed by atoms with Crippen molar-refractivity contribution in [1.29, 1.82) is 0 Å². The molecule has 0 bridgehead atoms. The van der Waals surface area contributed by atoms with E-state index in [4.69, 9.17) is 16.3 Å². The standard InChI is InChI=1S/C26H28ClN5O3S/c27-19-6-1-17(2-7-19)5-10-23-30-31-26(36-23)25(34)29-20-14-24(33)32(16-20)21-8-3-18(4-9-21)13-22-15-28-11-12-35-22/h1-4,6-9,20,22,28H,5,10-16H2,(H,29,34)/t20-,22?/m1/s1. The molecule has 36 heavy (non-hydrogen) atoms. The number of morpholine rings is 1. The second-order valence-electron chi connectivity index (χ2n) is 9.07. The van der Waals surface area contributed by atoms with Crippen molar-refractivity contribution in [3.05, 3.63) is 74.7 Å². The number of ether oxygens (including phenoxy) is 1. The Hall–Kier alpha value is -2.85. The number of benzene rings is 2. The summed E-state index contributed by atoms with van der Waals surface area (Å²) in [7, 11) is 0. The molecule has 0 aliphatic carbocycles. The van der Waals surface area contributed by atoms with Crippen LogP contribution in [0.4, 0.5) is 5.69 Å². The number of hydrogen-bond donors (Lipinski definition) is 2. The van der Waals surface area contributed by atoms with Gasteiger partial charge in [-0.3, -0.25) is 9.59 Å². The molecule has 0 spiro atoms. The van der Waals surface area contributed by atoms with Crippen LogP contribution in [-0.2, 0) is 28.8 Å². The maximum Gasteiger partial charge on any atom is 0.282 e. The molecular formula is C26H28ClN5O3S. The van der Waals surface area contributed by atoms with Crippen LogP contribution in [0.25, 0.3) is 0 Å². The molecule has 2 amide bonds. The molecule has 0 saturated carbocycles. The minimum Gasteiger partial charge on any atom is -0.375 e. The molecule has 2 aliphatic heterocycles. The number of carbonyl (C=O) groups is 2. The van der Waals surface area contributed by atoms with E-state index < -0.39 is 0 Å². The highest BCUT2D eigenvalue weighted by Crippen LogP contribution is 2.23. The summed E-state index contributed by atoms with van der Waals surface area (Å²) >= 11 is 7.22. The molecule has 0 radical (unpaired) electrons. The van der Waals surface area contributed by atoms with Gasteiger partial charge in [0.15, 0.2) is 0 Å². The maximum absolute atomic E-state index is 12.7. The average Bonchev–Trinajstić information content (AvgIpc) is 3.51. The topological polar surface area (TPSA) is 96.5 Å². The van der Waals surface area contributed by atoms with Gasteiger partial charge in [-0.1, -0.05) is 47.2 Å². The van der Waals surface area contributed by atoms with Crippen molar-refractivity contribution in [2.45, 2.75) is 37.8 Å². The van der Waals surface area contributed by atoms with E-state index in [0.717, 1.165) is 48.8 Å². The Balaban J connectivity index is 1.12. The molecule has 2 N–H and O–H groups in total. The van der Waals surface area contributed by atoms with Gasteiger partial charge in [0.05, 0.1) is 18.8 Å². The lowest BCUT2D eigenvalue weighted by Crippen LogP contribution is -2.39. The third-order valence-corrected chi connectivity index (χ3v) is 7.61. The predicted octanol–water partition coefficient (Wildman–Crippen LogP) is 3.04. The van der Waals surface area contributed by atoms with E-state index in [1.54, 1.807) is 4.90 Å². The number of carbonyl (C=O) groups excluding carboxylic acids is 2. The monoisotopic (exact) mass is 525 g/mol. The van der Waals surface area contributed by atoms with Gasteiger partial charge in [0.2, 0.25) is 10.9 Å². The number of nitrogens with zero attached hydrogens (tertiary/aromatic N) is 3. The smallest absolute Gasteiger partial charge is 0.282 e. The van der Waals surface area contributed by atoms with Crippen LogP contribution in [0, 0.1) is 0 Å². The summed E-state index contributed by atoms with van der Waals surface area (Å²) in [6.45, 7) is 2.92. The fraction of sp³-hybridized carbons (Fsp3) is 0.385. The Labute approximate surface area is 219 Å². The minimum atomic E-state index is -0.290. The van der Waals surface area contributed by atoms with Crippen molar-refractivity contribution in [2.24, 2.45) is 0 Å². The van der Waals surface area contributed by atoms with Crippen molar-refractivity contribution in [3.63, 3.8) is 0 Å². The van der Waals surface area contributed by atoms with E-state index in [-0.39, 0.29) is 30.4 Å². The second-order valence-corrected chi connectivity index (χ2v) is 10.6. The van der Waals surface area contributed by atoms with E-state index >= 15 is 0 Å². The largest absolute Gasteiger partial charge is 0.375 e. The summed E-state index contributed by atoms with van der Waals surface area (Å²) < 4.78 is 5.78. The molecule has 8 nitrogen and oxygen atoms in total. The molecule has 2 saturated heterocycles. The van der Waals surface area contributed by atoms with Crippen LogP contribution in [0.1, 0.15) is 32.4 Å². The second kappa shape index (κ2) is 11.5. The third kappa shape index (κ3) is 6.28. The molecule has 2 fully saturated rings. The number of rotatable bonds is 8. The van der Waals surface area contributed by atoms with Crippen LogP contribution in [0.5, 0.6) is 0 Å². The highest BCUT2D eigenvalue weighted by Gasteiger charge is 2.32. The SMILES string of the molecule is O=C(N[C@@H]1CC(=O)N(c2ccc(CC3CNCCO3)cc2)C1)c1nnc(CCc2ccc(Cl)cc2)s1. The van der Waals surface area contributed by atoms with E-state index in [1.807, 2.05) is 48.5 Å². The summed E-state index contributed by atoms with van der Waals surface area (Å²) in [5.74, 6) is -0.296. The number of nitrogens with one attached hydrogen (secondary N) is 2. The van der Waals surface area contributed by atoms with Crippen LogP contribution in [-0.4, -0.2) is 60.4 Å². The summed E-state index contributed by atoms with van der Waals surface area (Å²) in [5, 5.41) is 16.3. The number of anilines is 1. The Bertz CT molecular complexity index is 1200. The van der Waals surface area contributed by atoms with Gasteiger partial charge < -0.3 is 20.3 Å². The molecule has 188 valence electrons. The number of hydrogen-bond acceptors (Lipinski definition) is 7. The maximum atomic E-state index is 12.7. The predicted molar refractivity (Wildman–Crippen MR) is 140 cm³/mol. The Morgan fingerprint density at radius 2 is 1.89 bits per heavy atom. The molecular weight excluding hydrogens is 498 g/mol. The van der Waals surface area contributed by atoms with E-state index in [2.05, 4.69) is 20.8 Å². The molecule has 3 heterocycles. The lowest BCUT2D eigenvalue weighted by Gasteiger charge is -2.24. The summed E-state index contributed by atoms with van der Waals surface area (Å²) in [6, 6.07) is 15.4. The van der Waals surface area contributed by atoms with Crippen LogP contribution in [0.2, 0.25) is 5.02 Å². The molecule has 5 rings (SSSR count). The van der Waals surface area contributed by atoms with Gasteiger partial charge in [0, 0.05) is 43.2 Å². The van der Waals surface area contributed by atoms with E-state index in [0.29, 0.717) is 23.0 Å². The molecule has 10 heteroatoms. The number of halogens is 1. The van der Waals surface area contributed by atoms with Crippen molar-refractivity contribution in [1.82, 2.24) is 20.8 Å². The van der Waals surface area contributed by atoms with E-state index in [9.17, 15) is 9.59 Å². The average molecular weight is 526 g/mol. The fourth-order valence-corrected chi connectivity index (χ4v) is 5.34. The molecule has 3 aromatic rings. The Morgan fingerprint density at radius 1 is 1.11 bits per heavy atom. The lowest BCUT2D eigenvalue weighted by atomic mass is 10.1. The van der Waals surface area contributed by atoms with Gasteiger partial charge >= 0.3 is 0 Å². The zero-order chi connectivity index (χ0) is 24.9. The van der Waals surface area contributed by atoms with Gasteiger partial charge in [-0.15, -0.1) is 10.2 Å². The third-order valence-electron chi connectivity index (χ3n) is 6.38. The molecule has 1 unspecified atom stereocenters. The summed E-state index contributed by atoms with van der Waals surface area (Å²) in [4.78, 5) is 27.1. The molecule has 2 atom stereocenters. The number of aromatic nitrogens is 2. The first-order valence-electron chi connectivity index (χ1n) is 12.1. The normalized spacial score (nSPS) is 20.0. The Kier molecular flexibility index (Phi) is 7.91. The van der Waals surface area contributed by atoms with Crippen molar-refractivity contribution >= 4 is 40.4 Å². The van der Waals surface area contributed by atoms with Crippen molar-refractivity contribution in [2.75, 3.05) is 31.1 Å². The highest BCUT2D eigenvalue weighted by molar-refractivity contribution is 7.13. The van der Waals surface area contributed by atoms with Crippen LogP contribution >= 0.6 is 22.9 Å². The first kappa shape index (κ1) is 24.8. The highest BCUT2D eigenvalue weighted by atomic mass is 35.5. The lowest BCUT2D eigenvalue weighted by molar-refractivity contribution is -0.117. The number of aryl methyl sites for hydroxylation is 2. The van der Waals surface area contributed by atoms with Crippen molar-refractivity contribution < 1.29 is 14.3 Å². The number of amides is 2. The van der Waals surface area contributed by atoms with Gasteiger partial charge in [-0.05, 0) is 48.2 Å². The molecule has 1 aromatic heterocycles. The van der Waals surface area contributed by atoms with E-state index in [1.165, 1.54) is 16.9 Å². The van der Waals surface area contributed by atoms with Gasteiger partial charge in [-0.2, -0.15) is 0 Å². The van der Waals surface area contributed by atoms with Gasteiger partial charge in [-0.25, -0.2) is 0 Å². The molecule has 2 aliphatic rings. The minimum absolute atomic E-state index is 0.00576. The van der Waals surface area contributed by atoms with Gasteiger partial charge in [0.1, 0.15) is 5.01 Å². The van der Waals surface area contributed by atoms with Crippen LogP contribution < -0.4 is 15.5 Å². The quantitative estimate of drug-likeness (QED) is 0.469. The summed E-state index contributed by atoms with van der Waals surface area (Å²) in [5.41, 5.74) is 3.16. The fourth-order valence-electron chi connectivity index (χ4n) is 4.48. The first-order valence-corrected chi connectivity index (χ1v) is 13.3. The van der Waals surface area contributed by atoms with Crippen LogP contribution in [0.3, 0.4) is 0 Å². The molecule has 2 aromatic carbocycles. The Morgan fingerprint density at radius 3 is 2.64 bits per heavy atom. The van der Waals surface area contributed by atoms with Gasteiger partial charge in [0.25, 0.3) is 5.91 Å². The van der Waals surface area contributed by atoms with Crippen molar-refractivity contribution in [3.8, 4) is 0 Å². The van der Waals surface area contributed by atoms with Crippen LogP contribution in [0.15, 0.2) is 48.5 Å². The zero-order valence-electron chi connectivity index (χ0n) is 19.8. The zero-order valence-corrected chi connectivity index (χ0v) is 21.4. The first-order chi connectivity index (χ1) is 17.5. The summed E-state index contributed by atoms with van der Waals surface area (Å²) in [6.07, 6.45) is 2.77.